The monoisotopic (exact) mass is 464 g/mol. The van der Waals surface area contributed by atoms with Crippen LogP contribution in [0.2, 0.25) is 0 Å². The van der Waals surface area contributed by atoms with Gasteiger partial charge in [-0.1, -0.05) is 25.5 Å². The molecule has 1 unspecified atom stereocenters. The van der Waals surface area contributed by atoms with E-state index in [1.54, 1.807) is 26.2 Å². The summed E-state index contributed by atoms with van der Waals surface area (Å²) in [5, 5.41) is 10.0. The van der Waals surface area contributed by atoms with Crippen LogP contribution >= 0.6 is 0 Å². The topological polar surface area (TPSA) is 80.7 Å². The standard InChI is InChI=1S/C29H36O5/c1-16(30)21-10-11-22-19-9-8-17-14-18(31)15-24(29(17,3)23(19)12-13-28(21,22)2)26-20(27(32)33)6-5-7-25(26)34-4/h5-7,14,19,21-24H,8-13,15H2,1-4H3,(H,32,33)/t19-,21+,22-,23-,24?,28+,29+/m0/s1. The van der Waals surface area contributed by atoms with Crippen LogP contribution in [0.4, 0.5) is 0 Å². The maximum absolute atomic E-state index is 12.9. The quantitative estimate of drug-likeness (QED) is 0.607. The summed E-state index contributed by atoms with van der Waals surface area (Å²) >= 11 is 0. The van der Waals surface area contributed by atoms with Gasteiger partial charge in [-0.15, -0.1) is 0 Å². The van der Waals surface area contributed by atoms with E-state index in [0.717, 1.165) is 38.5 Å². The van der Waals surface area contributed by atoms with E-state index in [1.807, 2.05) is 12.1 Å². The summed E-state index contributed by atoms with van der Waals surface area (Å²) in [4.78, 5) is 37.7. The Morgan fingerprint density at radius 2 is 1.85 bits per heavy atom. The highest BCUT2D eigenvalue weighted by Gasteiger charge is 2.62. The van der Waals surface area contributed by atoms with Gasteiger partial charge in [-0.25, -0.2) is 4.79 Å². The molecule has 4 aliphatic rings. The number of carboxylic acids is 1. The van der Waals surface area contributed by atoms with Crippen molar-refractivity contribution in [2.75, 3.05) is 7.11 Å². The molecule has 0 bridgehead atoms. The van der Waals surface area contributed by atoms with Crippen LogP contribution in [0.25, 0.3) is 0 Å². The van der Waals surface area contributed by atoms with Crippen LogP contribution in [-0.4, -0.2) is 29.8 Å². The number of aromatic carboxylic acids is 1. The molecule has 0 aromatic heterocycles. The van der Waals surface area contributed by atoms with Crippen LogP contribution in [-0.2, 0) is 9.59 Å². The summed E-state index contributed by atoms with van der Waals surface area (Å²) in [7, 11) is 1.57. The van der Waals surface area contributed by atoms with E-state index >= 15 is 0 Å². The van der Waals surface area contributed by atoms with Gasteiger partial charge >= 0.3 is 5.97 Å². The van der Waals surface area contributed by atoms with E-state index in [9.17, 15) is 19.5 Å². The van der Waals surface area contributed by atoms with Crippen molar-refractivity contribution in [3.63, 3.8) is 0 Å². The number of ketones is 2. The van der Waals surface area contributed by atoms with Gasteiger partial charge in [0, 0.05) is 23.8 Å². The number of carbonyl (C=O) groups is 3. The van der Waals surface area contributed by atoms with E-state index in [1.165, 1.54) is 5.57 Å². The zero-order chi connectivity index (χ0) is 24.4. The normalized spacial score (nSPS) is 38.9. The molecule has 1 aromatic carbocycles. The molecule has 0 radical (unpaired) electrons. The Hall–Kier alpha value is -2.43. The average Bonchev–Trinajstić information content (AvgIpc) is 3.16. The predicted molar refractivity (Wildman–Crippen MR) is 129 cm³/mol. The van der Waals surface area contributed by atoms with Crippen molar-refractivity contribution >= 4 is 17.5 Å². The van der Waals surface area contributed by atoms with Crippen LogP contribution in [0, 0.1) is 34.5 Å². The minimum absolute atomic E-state index is 0.0568. The number of fused-ring (bicyclic) bond motifs is 5. The van der Waals surface area contributed by atoms with E-state index in [-0.39, 0.29) is 34.0 Å². The van der Waals surface area contributed by atoms with Gasteiger partial charge in [-0.3, -0.25) is 9.59 Å². The maximum atomic E-state index is 12.9. The molecular weight excluding hydrogens is 428 g/mol. The molecule has 182 valence electrons. The summed E-state index contributed by atoms with van der Waals surface area (Å²) in [5.74, 6) is 1.26. The zero-order valence-electron chi connectivity index (χ0n) is 20.7. The number of benzene rings is 1. The molecule has 0 heterocycles. The van der Waals surface area contributed by atoms with Gasteiger partial charge in [0.25, 0.3) is 0 Å². The molecule has 0 spiro atoms. The molecule has 5 nitrogen and oxygen atoms in total. The van der Waals surface area contributed by atoms with Crippen LogP contribution < -0.4 is 4.74 Å². The van der Waals surface area contributed by atoms with E-state index in [4.69, 9.17) is 4.74 Å². The highest BCUT2D eigenvalue weighted by molar-refractivity contribution is 5.95. The molecule has 5 rings (SSSR count). The molecule has 3 fully saturated rings. The van der Waals surface area contributed by atoms with Crippen LogP contribution in [0.1, 0.15) is 87.6 Å². The Morgan fingerprint density at radius 3 is 2.53 bits per heavy atom. The van der Waals surface area contributed by atoms with Gasteiger partial charge in [0.1, 0.15) is 11.5 Å². The highest BCUT2D eigenvalue weighted by atomic mass is 16.5. The highest BCUT2D eigenvalue weighted by Crippen LogP contribution is 2.69. The first kappa shape index (κ1) is 23.3. The number of methoxy groups -OCH3 is 1. The first-order valence-electron chi connectivity index (χ1n) is 12.8. The minimum atomic E-state index is -0.982. The van der Waals surface area contributed by atoms with Crippen molar-refractivity contribution in [1.29, 1.82) is 0 Å². The minimum Gasteiger partial charge on any atom is -0.496 e. The molecule has 7 atom stereocenters. The maximum Gasteiger partial charge on any atom is 0.336 e. The number of rotatable bonds is 4. The second-order valence-corrected chi connectivity index (χ2v) is 11.6. The predicted octanol–water partition coefficient (Wildman–Crippen LogP) is 5.82. The lowest BCUT2D eigenvalue weighted by Crippen LogP contribution is -2.53. The van der Waals surface area contributed by atoms with Gasteiger partial charge in [0.05, 0.1) is 12.7 Å². The van der Waals surface area contributed by atoms with Gasteiger partial charge in [0.2, 0.25) is 0 Å². The average molecular weight is 465 g/mol. The molecule has 1 aromatic rings. The number of carbonyl (C=O) groups excluding carboxylic acids is 2. The van der Waals surface area contributed by atoms with Crippen molar-refractivity contribution in [2.45, 2.75) is 71.6 Å². The molecule has 0 saturated heterocycles. The molecule has 3 saturated carbocycles. The molecule has 34 heavy (non-hydrogen) atoms. The second-order valence-electron chi connectivity index (χ2n) is 11.6. The van der Waals surface area contributed by atoms with Crippen molar-refractivity contribution in [3.8, 4) is 5.75 Å². The Balaban J connectivity index is 1.63. The zero-order valence-corrected chi connectivity index (χ0v) is 20.7. The fraction of sp³-hybridized carbons (Fsp3) is 0.621. The Morgan fingerprint density at radius 1 is 1.09 bits per heavy atom. The molecular formula is C29H36O5. The van der Waals surface area contributed by atoms with Gasteiger partial charge in [-0.2, -0.15) is 0 Å². The smallest absolute Gasteiger partial charge is 0.336 e. The van der Waals surface area contributed by atoms with Gasteiger partial charge in [0.15, 0.2) is 5.78 Å². The molecule has 1 N–H and O–H groups in total. The largest absolute Gasteiger partial charge is 0.496 e. The van der Waals surface area contributed by atoms with Crippen molar-refractivity contribution in [2.24, 2.45) is 34.5 Å². The van der Waals surface area contributed by atoms with Crippen molar-refractivity contribution in [3.05, 3.63) is 41.0 Å². The number of hydrogen-bond donors (Lipinski definition) is 1. The van der Waals surface area contributed by atoms with Crippen LogP contribution in [0.5, 0.6) is 5.75 Å². The molecule has 4 aliphatic carbocycles. The molecule has 0 amide bonds. The summed E-state index contributed by atoms with van der Waals surface area (Å²) in [6, 6.07) is 5.17. The Kier molecular flexibility index (Phi) is 5.53. The third-order valence-corrected chi connectivity index (χ3v) is 10.5. The number of hydrogen-bond acceptors (Lipinski definition) is 4. The lowest BCUT2D eigenvalue weighted by Gasteiger charge is -2.60. The Bertz CT molecular complexity index is 1090. The third-order valence-electron chi connectivity index (χ3n) is 10.5. The SMILES string of the molecule is COc1cccc(C(=O)O)c1C1CC(=O)C=C2CC[C@H]3[C@@H]4CC[C@H](C(C)=O)[C@@]4(C)CC[C@@H]3[C@@]21C. The van der Waals surface area contributed by atoms with E-state index < -0.39 is 5.97 Å². The second kappa shape index (κ2) is 8.07. The van der Waals surface area contributed by atoms with E-state index in [0.29, 0.717) is 41.3 Å². The number of carboxylic acid groups (broad SMARTS) is 1. The van der Waals surface area contributed by atoms with Gasteiger partial charge in [-0.05, 0) is 92.2 Å². The fourth-order valence-electron chi connectivity index (χ4n) is 8.98. The summed E-state index contributed by atoms with van der Waals surface area (Å²) in [6.07, 6.45) is 8.20. The van der Waals surface area contributed by atoms with Crippen molar-refractivity contribution in [1.82, 2.24) is 0 Å². The lowest BCUT2D eigenvalue weighted by molar-refractivity contribution is -0.129. The summed E-state index contributed by atoms with van der Waals surface area (Å²) in [5.41, 5.74) is 1.84. The van der Waals surface area contributed by atoms with Gasteiger partial charge < -0.3 is 9.84 Å². The number of allylic oxidation sites excluding steroid dienone is 1. The van der Waals surface area contributed by atoms with Crippen molar-refractivity contribution < 1.29 is 24.2 Å². The molecule has 5 heteroatoms. The first-order chi connectivity index (χ1) is 16.1. The fourth-order valence-corrected chi connectivity index (χ4v) is 8.98. The van der Waals surface area contributed by atoms with Crippen LogP contribution in [0.3, 0.4) is 0 Å². The van der Waals surface area contributed by atoms with Crippen LogP contribution in [0.15, 0.2) is 29.8 Å². The number of Topliss-reactive ketones (excluding diaryl/α,β-unsaturated/α-hetero) is 1. The summed E-state index contributed by atoms with van der Waals surface area (Å²) < 4.78 is 5.68. The third kappa shape index (κ3) is 3.15. The summed E-state index contributed by atoms with van der Waals surface area (Å²) in [6.45, 7) is 6.38. The number of ether oxygens (including phenoxy) is 1. The molecule has 0 aliphatic heterocycles. The first-order valence-corrected chi connectivity index (χ1v) is 12.8. The Labute approximate surface area is 202 Å². The van der Waals surface area contributed by atoms with E-state index in [2.05, 4.69) is 13.8 Å². The lowest BCUT2D eigenvalue weighted by atomic mass is 9.44.